The molecule has 0 amide bonds. The molecule has 194 valence electrons. The van der Waals surface area contributed by atoms with E-state index in [1.807, 2.05) is 12.1 Å². The normalized spacial score (nSPS) is 17.1. The van der Waals surface area contributed by atoms with Crippen LogP contribution in [0, 0.1) is 0 Å². The predicted octanol–water partition coefficient (Wildman–Crippen LogP) is 5.15. The van der Waals surface area contributed by atoms with Crippen molar-refractivity contribution >= 4 is 0 Å². The van der Waals surface area contributed by atoms with Crippen LogP contribution >= 0.6 is 0 Å². The van der Waals surface area contributed by atoms with Crippen molar-refractivity contribution in [1.82, 2.24) is 0 Å². The zero-order valence-corrected chi connectivity index (χ0v) is 20.7. The Balaban J connectivity index is 1.60. The maximum atomic E-state index is 13.8. The second-order valence-electron chi connectivity index (χ2n) is 9.30. The highest BCUT2D eigenvalue weighted by Crippen LogP contribution is 2.37. The van der Waals surface area contributed by atoms with Gasteiger partial charge in [-0.3, -0.25) is 0 Å². The van der Waals surface area contributed by atoms with E-state index in [2.05, 4.69) is 0 Å². The Labute approximate surface area is 204 Å². The number of ether oxygens (including phenoxy) is 5. The molecule has 0 aliphatic carbocycles. The van der Waals surface area contributed by atoms with E-state index >= 15 is 0 Å². The molecule has 0 spiro atoms. The minimum absolute atomic E-state index is 0.133. The van der Waals surface area contributed by atoms with Crippen LogP contribution in [0.1, 0.15) is 43.4 Å². The Morgan fingerprint density at radius 3 is 2.29 bits per heavy atom. The third-order valence-corrected chi connectivity index (χ3v) is 6.02. The summed E-state index contributed by atoms with van der Waals surface area (Å²) in [6.07, 6.45) is -2.62. The molecular formula is C26H34F3NO5. The molecule has 35 heavy (non-hydrogen) atoms. The molecule has 2 aromatic rings. The van der Waals surface area contributed by atoms with Crippen LogP contribution in [0.2, 0.25) is 0 Å². The first kappa shape index (κ1) is 27.1. The summed E-state index contributed by atoms with van der Waals surface area (Å²) < 4.78 is 68.6. The lowest BCUT2D eigenvalue weighted by atomic mass is 9.92. The number of aryl methyl sites for hydroxylation is 2. The van der Waals surface area contributed by atoms with Gasteiger partial charge in [0, 0.05) is 6.07 Å². The van der Waals surface area contributed by atoms with Gasteiger partial charge in [0.1, 0.15) is 17.2 Å². The van der Waals surface area contributed by atoms with Gasteiger partial charge in [-0.05, 0) is 68.9 Å². The van der Waals surface area contributed by atoms with Gasteiger partial charge in [0.15, 0.2) is 5.79 Å². The first-order chi connectivity index (χ1) is 16.4. The lowest BCUT2D eigenvalue weighted by Crippen LogP contribution is -2.57. The summed E-state index contributed by atoms with van der Waals surface area (Å²) >= 11 is 0. The molecular weight excluding hydrogens is 463 g/mol. The Morgan fingerprint density at radius 1 is 0.943 bits per heavy atom. The zero-order valence-electron chi connectivity index (χ0n) is 20.7. The van der Waals surface area contributed by atoms with Crippen LogP contribution < -0.4 is 19.9 Å². The van der Waals surface area contributed by atoms with Crippen LogP contribution in [0.25, 0.3) is 0 Å². The van der Waals surface area contributed by atoms with Crippen LogP contribution in [0.4, 0.5) is 13.2 Å². The fourth-order valence-corrected chi connectivity index (χ4v) is 3.84. The lowest BCUT2D eigenvalue weighted by molar-refractivity contribution is -0.267. The van der Waals surface area contributed by atoms with Gasteiger partial charge in [0.05, 0.1) is 45.1 Å². The van der Waals surface area contributed by atoms with Crippen molar-refractivity contribution in [2.75, 3.05) is 34.0 Å². The molecule has 0 aromatic heterocycles. The standard InChI is InChI=1S/C26H34F3NO5/c1-24(2)34-16-25(30,17-35-24)12-11-18-7-10-22(21(14-18)26(27,28)29)33-13-5-6-19-8-9-20(31-3)15-23(19)32-4/h7-10,14-15H,5-6,11-13,16-17,30H2,1-4H3. The van der Waals surface area contributed by atoms with Crippen molar-refractivity contribution in [2.45, 2.75) is 57.0 Å². The van der Waals surface area contributed by atoms with Crippen LogP contribution in [0.3, 0.4) is 0 Å². The van der Waals surface area contributed by atoms with Gasteiger partial charge in [0.2, 0.25) is 0 Å². The molecule has 6 nitrogen and oxygen atoms in total. The SMILES string of the molecule is COc1ccc(CCCOc2ccc(CCC3(N)COC(C)(C)OC3)cc2C(F)(F)F)c(OC)c1. The number of nitrogens with two attached hydrogens (primary N) is 1. The Bertz CT molecular complexity index is 983. The van der Waals surface area contributed by atoms with Gasteiger partial charge in [-0.1, -0.05) is 12.1 Å². The third kappa shape index (κ3) is 7.49. The van der Waals surface area contributed by atoms with Crippen molar-refractivity contribution in [3.05, 3.63) is 53.1 Å². The van der Waals surface area contributed by atoms with E-state index < -0.39 is 23.1 Å². The number of alkyl halides is 3. The number of methoxy groups -OCH3 is 2. The van der Waals surface area contributed by atoms with Crippen molar-refractivity contribution in [3.63, 3.8) is 0 Å². The van der Waals surface area contributed by atoms with Gasteiger partial charge < -0.3 is 29.4 Å². The summed E-state index contributed by atoms with van der Waals surface area (Å²) in [6.45, 7) is 4.30. The smallest absolute Gasteiger partial charge is 0.419 e. The van der Waals surface area contributed by atoms with E-state index in [1.54, 1.807) is 40.2 Å². The largest absolute Gasteiger partial charge is 0.497 e. The molecule has 1 heterocycles. The van der Waals surface area contributed by atoms with E-state index in [9.17, 15) is 13.2 Å². The summed E-state index contributed by atoms with van der Waals surface area (Å²) in [5.74, 6) is 0.449. The van der Waals surface area contributed by atoms with E-state index in [1.165, 1.54) is 6.07 Å². The van der Waals surface area contributed by atoms with Gasteiger partial charge in [-0.25, -0.2) is 0 Å². The molecule has 1 aliphatic heterocycles. The Hall–Kier alpha value is -2.49. The fourth-order valence-electron chi connectivity index (χ4n) is 3.84. The van der Waals surface area contributed by atoms with Crippen molar-refractivity contribution in [1.29, 1.82) is 0 Å². The number of rotatable bonds is 10. The molecule has 9 heteroatoms. The number of hydrogen-bond acceptors (Lipinski definition) is 6. The second kappa shape index (κ2) is 11.1. The highest BCUT2D eigenvalue weighted by Gasteiger charge is 2.38. The molecule has 0 unspecified atom stereocenters. The quantitative estimate of drug-likeness (QED) is 0.458. The van der Waals surface area contributed by atoms with E-state index in [0.29, 0.717) is 42.7 Å². The van der Waals surface area contributed by atoms with Crippen LogP contribution in [-0.4, -0.2) is 45.4 Å². The summed E-state index contributed by atoms with van der Waals surface area (Å²) in [5, 5.41) is 0. The maximum Gasteiger partial charge on any atom is 0.419 e. The van der Waals surface area contributed by atoms with Gasteiger partial charge >= 0.3 is 6.18 Å². The predicted molar refractivity (Wildman–Crippen MR) is 126 cm³/mol. The van der Waals surface area contributed by atoms with E-state index in [-0.39, 0.29) is 25.6 Å². The first-order valence-electron chi connectivity index (χ1n) is 11.6. The zero-order chi connectivity index (χ0) is 25.7. The van der Waals surface area contributed by atoms with Gasteiger partial charge in [-0.15, -0.1) is 0 Å². The summed E-state index contributed by atoms with van der Waals surface area (Å²) in [7, 11) is 3.13. The molecule has 2 aromatic carbocycles. The maximum absolute atomic E-state index is 13.8. The molecule has 1 aliphatic rings. The average molecular weight is 498 g/mol. The van der Waals surface area contributed by atoms with Crippen molar-refractivity contribution in [2.24, 2.45) is 5.73 Å². The van der Waals surface area contributed by atoms with Gasteiger partial charge in [0.25, 0.3) is 0 Å². The third-order valence-electron chi connectivity index (χ3n) is 6.02. The van der Waals surface area contributed by atoms with E-state index in [4.69, 9.17) is 29.4 Å². The lowest BCUT2D eigenvalue weighted by Gasteiger charge is -2.41. The number of benzene rings is 2. The van der Waals surface area contributed by atoms with Crippen LogP contribution in [0.15, 0.2) is 36.4 Å². The number of hydrogen-bond donors (Lipinski definition) is 1. The van der Waals surface area contributed by atoms with E-state index in [0.717, 1.165) is 11.6 Å². The fraction of sp³-hybridized carbons (Fsp3) is 0.538. The molecule has 3 rings (SSSR count). The molecule has 1 saturated heterocycles. The van der Waals surface area contributed by atoms with Gasteiger partial charge in [-0.2, -0.15) is 13.2 Å². The topological polar surface area (TPSA) is 72.2 Å². The van der Waals surface area contributed by atoms with Crippen LogP contribution in [0.5, 0.6) is 17.2 Å². The van der Waals surface area contributed by atoms with Crippen molar-refractivity contribution < 1.29 is 36.9 Å². The Kier molecular flexibility index (Phi) is 8.56. The molecule has 0 radical (unpaired) electrons. The minimum atomic E-state index is -4.54. The van der Waals surface area contributed by atoms with Crippen LogP contribution in [-0.2, 0) is 28.5 Å². The summed E-state index contributed by atoms with van der Waals surface area (Å²) in [4.78, 5) is 0. The van der Waals surface area contributed by atoms with Crippen molar-refractivity contribution in [3.8, 4) is 17.2 Å². The second-order valence-corrected chi connectivity index (χ2v) is 9.30. The highest BCUT2D eigenvalue weighted by molar-refractivity contribution is 5.41. The number of halogens is 3. The summed E-state index contributed by atoms with van der Waals surface area (Å²) in [5.41, 5.74) is 6.26. The Morgan fingerprint density at radius 2 is 1.66 bits per heavy atom. The molecule has 0 bridgehead atoms. The molecule has 0 atom stereocenters. The molecule has 0 saturated carbocycles. The molecule has 1 fully saturated rings. The average Bonchev–Trinajstić information content (AvgIpc) is 2.82. The first-order valence-corrected chi connectivity index (χ1v) is 11.6. The monoisotopic (exact) mass is 497 g/mol. The summed E-state index contributed by atoms with van der Waals surface area (Å²) in [6, 6.07) is 9.63. The minimum Gasteiger partial charge on any atom is -0.497 e. The highest BCUT2D eigenvalue weighted by atomic mass is 19.4. The molecule has 2 N–H and O–H groups in total.